The Hall–Kier alpha value is -2.24. The van der Waals surface area contributed by atoms with Crippen molar-refractivity contribution in [2.75, 3.05) is 38.1 Å². The number of nitrogens with zero attached hydrogens (tertiary/aromatic N) is 2. The summed E-state index contributed by atoms with van der Waals surface area (Å²) in [5, 5.41) is 3.07. The molecule has 1 saturated heterocycles. The molecule has 1 aromatic carbocycles. The molecule has 0 aliphatic carbocycles. The quantitative estimate of drug-likeness (QED) is 0.882. The van der Waals surface area contributed by atoms with Crippen LogP contribution in [-0.4, -0.2) is 50.1 Å². The second kappa shape index (κ2) is 7.11. The number of hydrogen-bond acceptors (Lipinski definition) is 3. The highest BCUT2D eigenvalue weighted by Crippen LogP contribution is 2.33. The number of piperidine rings is 1. The van der Waals surface area contributed by atoms with Crippen LogP contribution in [0.25, 0.3) is 0 Å². The summed E-state index contributed by atoms with van der Waals surface area (Å²) < 4.78 is 0. The van der Waals surface area contributed by atoms with E-state index in [0.29, 0.717) is 38.4 Å². The summed E-state index contributed by atoms with van der Waals surface area (Å²) in [6.45, 7) is 2.86. The fourth-order valence-corrected chi connectivity index (χ4v) is 3.71. The van der Waals surface area contributed by atoms with E-state index in [1.54, 1.807) is 4.90 Å². The van der Waals surface area contributed by atoms with Crippen LogP contribution in [0.1, 0.15) is 30.7 Å². The number of benzene rings is 1. The van der Waals surface area contributed by atoms with Crippen LogP contribution in [0.5, 0.6) is 0 Å². The van der Waals surface area contributed by atoms with Crippen LogP contribution >= 0.6 is 0 Å². The van der Waals surface area contributed by atoms with Crippen molar-refractivity contribution >= 4 is 17.6 Å². The molecule has 0 aromatic heterocycles. The third-order valence-corrected chi connectivity index (χ3v) is 5.29. The van der Waals surface area contributed by atoms with Gasteiger partial charge in [-0.25, -0.2) is 4.79 Å². The van der Waals surface area contributed by atoms with Crippen molar-refractivity contribution in [1.29, 1.82) is 0 Å². The van der Waals surface area contributed by atoms with E-state index in [1.807, 2.05) is 0 Å². The molecule has 24 heavy (non-hydrogen) atoms. The van der Waals surface area contributed by atoms with Crippen molar-refractivity contribution in [1.82, 2.24) is 10.2 Å². The maximum Gasteiger partial charge on any atom is 0.317 e. The zero-order valence-electron chi connectivity index (χ0n) is 14.2. The van der Waals surface area contributed by atoms with Crippen LogP contribution in [0.15, 0.2) is 24.3 Å². The van der Waals surface area contributed by atoms with Gasteiger partial charge in [0.2, 0.25) is 5.91 Å². The topological polar surface area (TPSA) is 78.7 Å². The Balaban J connectivity index is 1.54. The van der Waals surface area contributed by atoms with Crippen molar-refractivity contribution in [2.45, 2.75) is 25.2 Å². The highest BCUT2D eigenvalue weighted by atomic mass is 16.2. The van der Waals surface area contributed by atoms with E-state index >= 15 is 0 Å². The molecule has 6 nitrogen and oxygen atoms in total. The number of nitrogens with two attached hydrogens (primary N) is 1. The van der Waals surface area contributed by atoms with Crippen molar-refractivity contribution in [2.24, 2.45) is 11.7 Å². The first-order chi connectivity index (χ1) is 11.6. The predicted octanol–water partition coefficient (Wildman–Crippen LogP) is 1.52. The summed E-state index contributed by atoms with van der Waals surface area (Å²) in [4.78, 5) is 27.6. The third kappa shape index (κ3) is 3.47. The van der Waals surface area contributed by atoms with Gasteiger partial charge in [-0.05, 0) is 30.9 Å². The number of fused-ring (bicyclic) bond motifs is 1. The minimum atomic E-state index is -0.252. The van der Waals surface area contributed by atoms with Crippen LogP contribution in [0.3, 0.4) is 0 Å². The van der Waals surface area contributed by atoms with E-state index in [2.05, 4.69) is 41.5 Å². The molecule has 130 valence electrons. The smallest absolute Gasteiger partial charge is 0.317 e. The number of carbonyl (C=O) groups is 2. The Morgan fingerprint density at radius 2 is 1.88 bits per heavy atom. The number of hydrogen-bond donors (Lipinski definition) is 2. The van der Waals surface area contributed by atoms with Gasteiger partial charge in [0.15, 0.2) is 0 Å². The molecule has 0 radical (unpaired) electrons. The summed E-state index contributed by atoms with van der Waals surface area (Å²) >= 11 is 0. The maximum absolute atomic E-state index is 12.4. The average Bonchev–Trinajstić information content (AvgIpc) is 2.61. The highest BCUT2D eigenvalue weighted by Gasteiger charge is 2.27. The Morgan fingerprint density at radius 3 is 2.58 bits per heavy atom. The molecular formula is C18H26N4O2. The first kappa shape index (κ1) is 16.6. The van der Waals surface area contributed by atoms with Crippen molar-refractivity contribution in [3.05, 3.63) is 29.8 Å². The molecule has 3 rings (SSSR count). The van der Waals surface area contributed by atoms with Crippen LogP contribution in [0.4, 0.5) is 10.5 Å². The Labute approximate surface area is 143 Å². The molecule has 0 unspecified atom stereocenters. The summed E-state index contributed by atoms with van der Waals surface area (Å²) in [5.41, 5.74) is 7.90. The molecule has 2 heterocycles. The Kier molecular flexibility index (Phi) is 4.92. The van der Waals surface area contributed by atoms with Gasteiger partial charge >= 0.3 is 6.03 Å². The molecular weight excluding hydrogens is 304 g/mol. The number of urea groups is 1. The van der Waals surface area contributed by atoms with E-state index in [1.165, 1.54) is 11.3 Å². The molecule has 6 heteroatoms. The largest absolute Gasteiger partial charge is 0.374 e. The summed E-state index contributed by atoms with van der Waals surface area (Å²) in [6, 6.07) is 8.37. The number of para-hydroxylation sites is 1. The normalized spacial score (nSPS) is 21.3. The molecule has 1 atom stereocenters. The molecule has 3 N–H and O–H groups in total. The van der Waals surface area contributed by atoms with Crippen molar-refractivity contribution < 1.29 is 9.59 Å². The third-order valence-electron chi connectivity index (χ3n) is 5.29. The Morgan fingerprint density at radius 1 is 1.17 bits per heavy atom. The lowest BCUT2D eigenvalue weighted by Crippen LogP contribution is -2.47. The molecule has 0 spiro atoms. The number of anilines is 1. The van der Waals surface area contributed by atoms with Gasteiger partial charge in [0.1, 0.15) is 0 Å². The number of carbonyl (C=O) groups excluding carboxylic acids is 2. The lowest BCUT2D eigenvalue weighted by atomic mass is 9.90. The van der Waals surface area contributed by atoms with Crippen LogP contribution < -0.4 is 16.0 Å². The van der Waals surface area contributed by atoms with E-state index in [9.17, 15) is 9.59 Å². The minimum Gasteiger partial charge on any atom is -0.374 e. The number of primary amides is 1. The van der Waals surface area contributed by atoms with E-state index in [4.69, 9.17) is 5.73 Å². The van der Waals surface area contributed by atoms with Crippen molar-refractivity contribution in [3.63, 3.8) is 0 Å². The van der Waals surface area contributed by atoms with Crippen LogP contribution in [-0.2, 0) is 4.79 Å². The summed E-state index contributed by atoms with van der Waals surface area (Å²) in [7, 11) is 2.11. The second-order valence-corrected chi connectivity index (χ2v) is 6.82. The molecule has 0 bridgehead atoms. The lowest BCUT2D eigenvalue weighted by molar-refractivity contribution is -0.123. The van der Waals surface area contributed by atoms with Gasteiger partial charge in [-0.1, -0.05) is 18.2 Å². The zero-order valence-corrected chi connectivity index (χ0v) is 14.2. The van der Waals surface area contributed by atoms with Gasteiger partial charge in [-0.2, -0.15) is 0 Å². The highest BCUT2D eigenvalue weighted by molar-refractivity contribution is 5.78. The monoisotopic (exact) mass is 330 g/mol. The summed E-state index contributed by atoms with van der Waals surface area (Å²) in [5.74, 6) is 0.0114. The lowest BCUT2D eigenvalue weighted by Gasteiger charge is -2.34. The average molecular weight is 330 g/mol. The fourth-order valence-electron chi connectivity index (χ4n) is 3.71. The molecule has 2 aliphatic rings. The van der Waals surface area contributed by atoms with Gasteiger partial charge in [-0.15, -0.1) is 0 Å². The molecule has 0 saturated carbocycles. The number of likely N-dealkylation sites (tertiary alicyclic amines) is 1. The number of nitrogens with one attached hydrogen (secondary N) is 1. The zero-order chi connectivity index (χ0) is 17.1. The van der Waals surface area contributed by atoms with Gasteiger partial charge in [0.05, 0.1) is 0 Å². The summed E-state index contributed by atoms with van der Waals surface area (Å²) in [6.07, 6.45) is 2.37. The first-order valence-electron chi connectivity index (χ1n) is 8.68. The SMILES string of the molecule is CN1CC[C@H](CNC(=O)N2CCC(C(N)=O)CC2)c2ccccc21. The fraction of sp³-hybridized carbons (Fsp3) is 0.556. The maximum atomic E-state index is 12.4. The Bertz CT molecular complexity index is 611. The number of amides is 3. The number of rotatable bonds is 3. The van der Waals surface area contributed by atoms with Crippen LogP contribution in [0.2, 0.25) is 0 Å². The van der Waals surface area contributed by atoms with E-state index in [-0.39, 0.29) is 17.9 Å². The minimum absolute atomic E-state index is 0.0330. The van der Waals surface area contributed by atoms with Crippen LogP contribution in [0, 0.1) is 5.92 Å². The van der Waals surface area contributed by atoms with Gasteiger partial charge in [-0.3, -0.25) is 4.79 Å². The predicted molar refractivity (Wildman–Crippen MR) is 94.0 cm³/mol. The van der Waals surface area contributed by atoms with E-state index < -0.39 is 0 Å². The van der Waals surface area contributed by atoms with Crippen molar-refractivity contribution in [3.8, 4) is 0 Å². The molecule has 2 aliphatic heterocycles. The van der Waals surface area contributed by atoms with Gasteiger partial charge in [0, 0.05) is 50.7 Å². The molecule has 1 aromatic rings. The van der Waals surface area contributed by atoms with E-state index in [0.717, 1.165) is 13.0 Å². The molecule has 1 fully saturated rings. The van der Waals surface area contributed by atoms with Gasteiger partial charge < -0.3 is 20.9 Å². The molecule has 3 amide bonds. The van der Waals surface area contributed by atoms with Gasteiger partial charge in [0.25, 0.3) is 0 Å². The standard InChI is InChI=1S/C18H26N4O2/c1-21-9-6-14(15-4-2-3-5-16(15)21)12-20-18(24)22-10-7-13(8-11-22)17(19)23/h2-5,13-14H,6-12H2,1H3,(H2,19,23)(H,20,24)/t14-/m1/s1. The second-order valence-electron chi connectivity index (χ2n) is 6.82. The first-order valence-corrected chi connectivity index (χ1v) is 8.68.